The minimum Gasteiger partial charge on any atom is -0.497 e. The number of benzene rings is 2. The lowest BCUT2D eigenvalue weighted by Gasteiger charge is -2.31. The maximum absolute atomic E-state index is 12.6. The van der Waals surface area contributed by atoms with Crippen molar-refractivity contribution in [3.63, 3.8) is 0 Å². The van der Waals surface area contributed by atoms with E-state index in [1.807, 2.05) is 54.6 Å². The van der Waals surface area contributed by atoms with Crippen molar-refractivity contribution in [1.82, 2.24) is 4.90 Å². The van der Waals surface area contributed by atoms with E-state index in [1.54, 1.807) is 12.0 Å². The first-order chi connectivity index (χ1) is 14.2. The molecule has 0 unspecified atom stereocenters. The van der Waals surface area contributed by atoms with Crippen LogP contribution in [-0.2, 0) is 32.1 Å². The van der Waals surface area contributed by atoms with Crippen LogP contribution in [0.1, 0.15) is 11.1 Å². The van der Waals surface area contributed by atoms with Crippen LogP contribution in [-0.4, -0.2) is 55.4 Å². The molecule has 3 saturated heterocycles. The Kier molecular flexibility index (Phi) is 4.87. The Morgan fingerprint density at radius 2 is 1.76 bits per heavy atom. The fourth-order valence-corrected chi connectivity index (χ4v) is 4.02. The summed E-state index contributed by atoms with van der Waals surface area (Å²) in [6, 6.07) is 17.4. The van der Waals surface area contributed by atoms with Crippen LogP contribution in [0.5, 0.6) is 5.75 Å². The molecule has 2 aromatic rings. The number of nitrogens with zero attached hydrogens (tertiary/aromatic N) is 1. The van der Waals surface area contributed by atoms with E-state index in [9.17, 15) is 4.79 Å². The molecule has 1 amide bonds. The van der Waals surface area contributed by atoms with Crippen molar-refractivity contribution in [1.29, 1.82) is 0 Å². The topological polar surface area (TPSA) is 69.8 Å². The second-order valence-corrected chi connectivity index (χ2v) is 7.46. The Morgan fingerprint density at radius 1 is 0.966 bits per heavy atom. The normalized spacial score (nSPS) is 29.8. The van der Waals surface area contributed by atoms with E-state index in [4.69, 9.17) is 23.7 Å². The molecule has 7 heteroatoms. The van der Waals surface area contributed by atoms with Gasteiger partial charge in [-0.1, -0.05) is 42.5 Å². The highest BCUT2D eigenvalue weighted by molar-refractivity contribution is 5.71. The SMILES string of the molecule is COc1ccc(COC[C@H]2O[C@H]3O[C@H]3[C@H]3[C@@H]2OC(=O)N3Cc2ccccc2)cc1. The summed E-state index contributed by atoms with van der Waals surface area (Å²) in [6.07, 6.45) is -1.51. The van der Waals surface area contributed by atoms with Crippen LogP contribution in [0.3, 0.4) is 0 Å². The molecule has 0 spiro atoms. The number of carbonyl (C=O) groups excluding carboxylic acids is 1. The van der Waals surface area contributed by atoms with Gasteiger partial charge in [-0.2, -0.15) is 0 Å². The second kappa shape index (κ2) is 7.67. The standard InChI is InChI=1S/C22H23NO6/c1-25-16-9-7-15(8-10-16)12-26-13-17-19-18(20-21(27-17)28-20)23(22(24)29-19)11-14-5-3-2-4-6-14/h2-10,17-21H,11-13H2,1H3/t17-,18-,19-,20+,21+/m1/s1. The van der Waals surface area contributed by atoms with Crippen LogP contribution < -0.4 is 4.74 Å². The number of hydrogen-bond acceptors (Lipinski definition) is 6. The first-order valence-corrected chi connectivity index (χ1v) is 9.76. The van der Waals surface area contributed by atoms with Gasteiger partial charge in [-0.05, 0) is 23.3 Å². The highest BCUT2D eigenvalue weighted by Crippen LogP contribution is 2.43. The molecule has 5 atom stereocenters. The highest BCUT2D eigenvalue weighted by Gasteiger charge is 2.64. The van der Waals surface area contributed by atoms with Crippen LogP contribution >= 0.6 is 0 Å². The predicted octanol–water partition coefficient (Wildman–Crippen LogP) is 2.73. The number of fused-ring (bicyclic) bond motifs is 3. The monoisotopic (exact) mass is 397 g/mol. The third-order valence-electron chi connectivity index (χ3n) is 5.57. The summed E-state index contributed by atoms with van der Waals surface area (Å²) in [7, 11) is 1.64. The average Bonchev–Trinajstić information content (AvgIpc) is 3.45. The molecule has 29 heavy (non-hydrogen) atoms. The van der Waals surface area contributed by atoms with Crippen LogP contribution in [0.4, 0.5) is 4.79 Å². The predicted molar refractivity (Wildman–Crippen MR) is 102 cm³/mol. The molecule has 0 aliphatic carbocycles. The molecule has 3 aliphatic rings. The number of carbonyl (C=O) groups is 1. The van der Waals surface area contributed by atoms with Gasteiger partial charge in [0, 0.05) is 6.54 Å². The van der Waals surface area contributed by atoms with Gasteiger partial charge < -0.3 is 23.7 Å². The molecular weight excluding hydrogens is 374 g/mol. The molecule has 152 valence electrons. The molecule has 7 nitrogen and oxygen atoms in total. The van der Waals surface area contributed by atoms with Crippen molar-refractivity contribution in [3.8, 4) is 5.75 Å². The zero-order valence-corrected chi connectivity index (χ0v) is 16.1. The average molecular weight is 397 g/mol. The summed E-state index contributed by atoms with van der Waals surface area (Å²) < 4.78 is 28.3. The lowest BCUT2D eigenvalue weighted by Crippen LogP contribution is -2.51. The van der Waals surface area contributed by atoms with Gasteiger partial charge in [0.2, 0.25) is 0 Å². The van der Waals surface area contributed by atoms with E-state index in [2.05, 4.69) is 0 Å². The lowest BCUT2D eigenvalue weighted by atomic mass is 9.99. The number of amides is 1. The first kappa shape index (κ1) is 18.4. The highest BCUT2D eigenvalue weighted by atomic mass is 16.8. The molecule has 0 N–H and O–H groups in total. The van der Waals surface area contributed by atoms with Crippen LogP contribution in [0.2, 0.25) is 0 Å². The zero-order chi connectivity index (χ0) is 19.8. The first-order valence-electron chi connectivity index (χ1n) is 9.76. The molecule has 2 aromatic carbocycles. The van der Waals surface area contributed by atoms with Crippen LogP contribution in [0.15, 0.2) is 54.6 Å². The van der Waals surface area contributed by atoms with Gasteiger partial charge in [-0.25, -0.2) is 4.79 Å². The van der Waals surface area contributed by atoms with E-state index in [0.717, 1.165) is 16.9 Å². The Balaban J connectivity index is 1.22. The van der Waals surface area contributed by atoms with Crippen molar-refractivity contribution >= 4 is 6.09 Å². The summed E-state index contributed by atoms with van der Waals surface area (Å²) in [5.74, 6) is 0.806. The number of ether oxygens (including phenoxy) is 5. The molecule has 3 aliphatic heterocycles. The third-order valence-corrected chi connectivity index (χ3v) is 5.57. The van der Waals surface area contributed by atoms with Gasteiger partial charge in [0.25, 0.3) is 0 Å². The Labute approximate surface area is 169 Å². The number of epoxide rings is 1. The summed E-state index contributed by atoms with van der Waals surface area (Å²) in [6.45, 7) is 1.26. The molecule has 0 bridgehead atoms. The van der Waals surface area contributed by atoms with Crippen LogP contribution in [0.25, 0.3) is 0 Å². The van der Waals surface area contributed by atoms with E-state index in [-0.39, 0.29) is 30.6 Å². The Morgan fingerprint density at radius 3 is 2.52 bits per heavy atom. The van der Waals surface area contributed by atoms with E-state index in [0.29, 0.717) is 19.8 Å². The van der Waals surface area contributed by atoms with Crippen molar-refractivity contribution in [3.05, 3.63) is 65.7 Å². The summed E-state index contributed by atoms with van der Waals surface area (Å²) >= 11 is 0. The van der Waals surface area contributed by atoms with E-state index >= 15 is 0 Å². The van der Waals surface area contributed by atoms with Gasteiger partial charge in [0.05, 0.1) is 20.3 Å². The van der Waals surface area contributed by atoms with Crippen molar-refractivity contribution in [2.24, 2.45) is 0 Å². The molecule has 0 radical (unpaired) electrons. The Bertz CT molecular complexity index is 857. The fraction of sp³-hybridized carbons (Fsp3) is 0.409. The van der Waals surface area contributed by atoms with Crippen LogP contribution in [0, 0.1) is 0 Å². The van der Waals surface area contributed by atoms with Crippen molar-refractivity contribution in [2.45, 2.75) is 43.8 Å². The Hall–Kier alpha value is -2.61. The number of rotatable bonds is 7. The third kappa shape index (κ3) is 3.69. The maximum atomic E-state index is 12.6. The van der Waals surface area contributed by atoms with Crippen molar-refractivity contribution in [2.75, 3.05) is 13.7 Å². The minimum atomic E-state index is -0.397. The molecule has 3 heterocycles. The maximum Gasteiger partial charge on any atom is 0.410 e. The van der Waals surface area contributed by atoms with Gasteiger partial charge in [0.1, 0.15) is 24.0 Å². The van der Waals surface area contributed by atoms with E-state index < -0.39 is 6.10 Å². The quantitative estimate of drug-likeness (QED) is 0.669. The molecule has 0 saturated carbocycles. The summed E-state index contributed by atoms with van der Waals surface area (Å²) in [5, 5.41) is 0. The molecule has 3 fully saturated rings. The van der Waals surface area contributed by atoms with Gasteiger partial charge in [0.15, 0.2) is 12.4 Å². The number of methoxy groups -OCH3 is 1. The lowest BCUT2D eigenvalue weighted by molar-refractivity contribution is -0.117. The fourth-order valence-electron chi connectivity index (χ4n) is 4.02. The van der Waals surface area contributed by atoms with Gasteiger partial charge in [-0.3, -0.25) is 4.90 Å². The second-order valence-electron chi connectivity index (χ2n) is 7.46. The molecule has 0 aromatic heterocycles. The largest absolute Gasteiger partial charge is 0.497 e. The molecular formula is C22H23NO6. The smallest absolute Gasteiger partial charge is 0.410 e. The summed E-state index contributed by atoms with van der Waals surface area (Å²) in [5.41, 5.74) is 2.09. The summed E-state index contributed by atoms with van der Waals surface area (Å²) in [4.78, 5) is 14.3. The minimum absolute atomic E-state index is 0.131. The van der Waals surface area contributed by atoms with Crippen molar-refractivity contribution < 1.29 is 28.5 Å². The zero-order valence-electron chi connectivity index (χ0n) is 16.1. The number of hydrogen-bond donors (Lipinski definition) is 0. The molecule has 5 rings (SSSR count). The van der Waals surface area contributed by atoms with E-state index in [1.165, 1.54) is 0 Å². The van der Waals surface area contributed by atoms with Gasteiger partial charge >= 0.3 is 6.09 Å². The van der Waals surface area contributed by atoms with Gasteiger partial charge in [-0.15, -0.1) is 0 Å².